The standard InChI is InChI=1S/C19H25N5/c1-13-15(11-21-23(13)5)16-17(20)24(18(22-16)19(2,3)4)12-14-9-7-6-8-10-14/h6-11H,12,20H2,1-5H3. The van der Waals surface area contributed by atoms with Crippen molar-refractivity contribution in [2.24, 2.45) is 7.05 Å². The lowest BCUT2D eigenvalue weighted by Crippen LogP contribution is -2.20. The highest BCUT2D eigenvalue weighted by atomic mass is 15.3. The van der Waals surface area contributed by atoms with Gasteiger partial charge in [-0.1, -0.05) is 51.1 Å². The summed E-state index contributed by atoms with van der Waals surface area (Å²) in [6.45, 7) is 9.24. The van der Waals surface area contributed by atoms with Gasteiger partial charge in [-0.2, -0.15) is 5.10 Å². The van der Waals surface area contributed by atoms with Crippen molar-refractivity contribution in [3.05, 3.63) is 53.6 Å². The van der Waals surface area contributed by atoms with Crippen molar-refractivity contribution in [1.29, 1.82) is 0 Å². The second kappa shape index (κ2) is 5.82. The summed E-state index contributed by atoms with van der Waals surface area (Å²) < 4.78 is 3.97. The second-order valence-corrected chi connectivity index (χ2v) is 7.26. The highest BCUT2D eigenvalue weighted by molar-refractivity contribution is 5.72. The molecule has 0 atom stereocenters. The first-order valence-electron chi connectivity index (χ1n) is 8.18. The number of benzene rings is 1. The minimum absolute atomic E-state index is 0.0999. The van der Waals surface area contributed by atoms with Crippen LogP contribution < -0.4 is 5.73 Å². The molecule has 1 aromatic carbocycles. The van der Waals surface area contributed by atoms with Gasteiger partial charge in [0.05, 0.1) is 12.7 Å². The summed E-state index contributed by atoms with van der Waals surface area (Å²) in [6, 6.07) is 10.3. The molecule has 0 aliphatic carbocycles. The first-order valence-corrected chi connectivity index (χ1v) is 8.18. The van der Waals surface area contributed by atoms with Gasteiger partial charge in [0.25, 0.3) is 0 Å². The fraction of sp³-hybridized carbons (Fsp3) is 0.368. The first-order chi connectivity index (χ1) is 11.3. The minimum atomic E-state index is -0.0999. The van der Waals surface area contributed by atoms with Crippen LogP contribution in [0.5, 0.6) is 0 Å². The molecule has 0 fully saturated rings. The molecule has 0 amide bonds. The topological polar surface area (TPSA) is 61.7 Å². The van der Waals surface area contributed by atoms with Crippen LogP contribution in [0.1, 0.15) is 37.9 Å². The molecule has 0 bridgehead atoms. The van der Waals surface area contributed by atoms with E-state index >= 15 is 0 Å². The highest BCUT2D eigenvalue weighted by Crippen LogP contribution is 2.33. The van der Waals surface area contributed by atoms with Crippen LogP contribution in [0.25, 0.3) is 11.3 Å². The van der Waals surface area contributed by atoms with E-state index in [0.717, 1.165) is 22.8 Å². The van der Waals surface area contributed by atoms with Crippen molar-refractivity contribution in [3.8, 4) is 11.3 Å². The molecule has 0 saturated carbocycles. The van der Waals surface area contributed by atoms with Crippen LogP contribution in [0.3, 0.4) is 0 Å². The number of aryl methyl sites for hydroxylation is 1. The van der Waals surface area contributed by atoms with Gasteiger partial charge in [-0.15, -0.1) is 0 Å². The number of hydrogen-bond acceptors (Lipinski definition) is 3. The number of anilines is 1. The predicted molar refractivity (Wildman–Crippen MR) is 97.8 cm³/mol. The molecular formula is C19H25N5. The van der Waals surface area contributed by atoms with Gasteiger partial charge in [-0.05, 0) is 12.5 Å². The summed E-state index contributed by atoms with van der Waals surface area (Å²) in [6.07, 6.45) is 1.84. The Morgan fingerprint density at radius 1 is 1.12 bits per heavy atom. The molecule has 0 radical (unpaired) electrons. The summed E-state index contributed by atoms with van der Waals surface area (Å²) in [7, 11) is 1.93. The minimum Gasteiger partial charge on any atom is -0.383 e. The van der Waals surface area contributed by atoms with Crippen LogP contribution in [0.15, 0.2) is 36.5 Å². The van der Waals surface area contributed by atoms with Gasteiger partial charge in [-0.3, -0.25) is 4.68 Å². The summed E-state index contributed by atoms with van der Waals surface area (Å²) in [5.41, 5.74) is 10.5. The van der Waals surface area contributed by atoms with Crippen molar-refractivity contribution in [1.82, 2.24) is 19.3 Å². The number of nitrogens with zero attached hydrogens (tertiary/aromatic N) is 4. The molecule has 0 saturated heterocycles. The van der Waals surface area contributed by atoms with Crippen molar-refractivity contribution in [3.63, 3.8) is 0 Å². The third kappa shape index (κ3) is 2.82. The van der Waals surface area contributed by atoms with Crippen LogP contribution in [-0.4, -0.2) is 19.3 Å². The molecule has 24 heavy (non-hydrogen) atoms. The number of nitrogens with two attached hydrogens (primary N) is 1. The van der Waals surface area contributed by atoms with E-state index in [4.69, 9.17) is 10.7 Å². The van der Waals surface area contributed by atoms with E-state index in [9.17, 15) is 0 Å². The smallest absolute Gasteiger partial charge is 0.132 e. The van der Waals surface area contributed by atoms with Gasteiger partial charge in [-0.25, -0.2) is 4.98 Å². The lowest BCUT2D eigenvalue weighted by Gasteiger charge is -2.20. The molecule has 5 nitrogen and oxygen atoms in total. The lowest BCUT2D eigenvalue weighted by atomic mass is 9.95. The lowest BCUT2D eigenvalue weighted by molar-refractivity contribution is 0.513. The third-order valence-electron chi connectivity index (χ3n) is 4.35. The summed E-state index contributed by atoms with van der Waals surface area (Å²) in [5, 5.41) is 4.33. The zero-order valence-electron chi connectivity index (χ0n) is 15.0. The predicted octanol–water partition coefficient (Wildman–Crippen LogP) is 3.52. The van der Waals surface area contributed by atoms with E-state index in [0.29, 0.717) is 12.4 Å². The molecule has 3 aromatic rings. The van der Waals surface area contributed by atoms with Crippen molar-refractivity contribution < 1.29 is 0 Å². The largest absolute Gasteiger partial charge is 0.383 e. The molecule has 2 aromatic heterocycles. The van der Waals surface area contributed by atoms with E-state index < -0.39 is 0 Å². The number of hydrogen-bond donors (Lipinski definition) is 1. The fourth-order valence-corrected chi connectivity index (χ4v) is 2.89. The average molecular weight is 323 g/mol. The Morgan fingerprint density at radius 2 is 1.79 bits per heavy atom. The number of nitrogen functional groups attached to an aromatic ring is 1. The highest BCUT2D eigenvalue weighted by Gasteiger charge is 2.26. The Balaban J connectivity index is 2.15. The Labute approximate surface area is 143 Å². The van der Waals surface area contributed by atoms with Crippen LogP contribution >= 0.6 is 0 Å². The zero-order chi connectivity index (χ0) is 17.5. The maximum atomic E-state index is 6.52. The van der Waals surface area contributed by atoms with E-state index in [-0.39, 0.29) is 5.41 Å². The van der Waals surface area contributed by atoms with Crippen LogP contribution in [-0.2, 0) is 19.0 Å². The Hall–Kier alpha value is -2.56. The maximum Gasteiger partial charge on any atom is 0.132 e. The van der Waals surface area contributed by atoms with Crippen molar-refractivity contribution in [2.45, 2.75) is 39.7 Å². The Kier molecular flexibility index (Phi) is 3.95. The molecule has 0 spiro atoms. The van der Waals surface area contributed by atoms with Gasteiger partial charge in [0, 0.05) is 23.7 Å². The Bertz CT molecular complexity index is 850. The quantitative estimate of drug-likeness (QED) is 0.802. The molecule has 2 N–H and O–H groups in total. The zero-order valence-corrected chi connectivity index (χ0v) is 15.0. The van der Waals surface area contributed by atoms with Gasteiger partial charge in [0.1, 0.15) is 17.3 Å². The van der Waals surface area contributed by atoms with Gasteiger partial charge in [0.2, 0.25) is 0 Å². The van der Waals surface area contributed by atoms with Crippen LogP contribution in [0.2, 0.25) is 0 Å². The van der Waals surface area contributed by atoms with Gasteiger partial charge in [0.15, 0.2) is 0 Å². The van der Waals surface area contributed by atoms with Crippen molar-refractivity contribution >= 4 is 5.82 Å². The molecule has 2 heterocycles. The molecule has 126 valence electrons. The number of rotatable bonds is 3. The first kappa shape index (κ1) is 16.3. The summed E-state index contributed by atoms with van der Waals surface area (Å²) >= 11 is 0. The SMILES string of the molecule is Cc1c(-c2nc(C(C)(C)C)n(Cc3ccccc3)c2N)cnn1C. The van der Waals surface area contributed by atoms with Gasteiger partial charge >= 0.3 is 0 Å². The number of imidazole rings is 1. The molecular weight excluding hydrogens is 298 g/mol. The van der Waals surface area contributed by atoms with Gasteiger partial charge < -0.3 is 10.3 Å². The van der Waals surface area contributed by atoms with E-state index in [1.165, 1.54) is 5.56 Å². The average Bonchev–Trinajstić information content (AvgIpc) is 3.02. The normalized spacial score (nSPS) is 11.9. The van der Waals surface area contributed by atoms with Crippen molar-refractivity contribution in [2.75, 3.05) is 5.73 Å². The summed E-state index contributed by atoms with van der Waals surface area (Å²) in [5.74, 6) is 1.68. The third-order valence-corrected chi connectivity index (χ3v) is 4.35. The number of aromatic nitrogens is 4. The molecule has 3 rings (SSSR count). The molecule has 0 aliphatic rings. The van der Waals surface area contributed by atoms with E-state index in [1.807, 2.05) is 43.0 Å². The van der Waals surface area contributed by atoms with Crippen LogP contribution in [0.4, 0.5) is 5.82 Å². The maximum absolute atomic E-state index is 6.52. The summed E-state index contributed by atoms with van der Waals surface area (Å²) in [4.78, 5) is 4.91. The fourth-order valence-electron chi connectivity index (χ4n) is 2.89. The van der Waals surface area contributed by atoms with E-state index in [2.05, 4.69) is 42.6 Å². The Morgan fingerprint density at radius 3 is 2.33 bits per heavy atom. The second-order valence-electron chi connectivity index (χ2n) is 7.26. The molecule has 0 unspecified atom stereocenters. The molecule has 0 aliphatic heterocycles. The molecule has 5 heteroatoms. The van der Waals surface area contributed by atoms with Crippen LogP contribution in [0, 0.1) is 6.92 Å². The van der Waals surface area contributed by atoms with E-state index in [1.54, 1.807) is 0 Å². The monoisotopic (exact) mass is 323 g/mol.